The number of carbonyl (C=O) groups is 1. The summed E-state index contributed by atoms with van der Waals surface area (Å²) in [7, 11) is 0. The number of hydrogen-bond acceptors (Lipinski definition) is 5. The monoisotopic (exact) mass is 334 g/mol. The van der Waals surface area contributed by atoms with E-state index in [1.54, 1.807) is 18.2 Å². The number of non-ortho nitro benzene ring substituents is 1. The average molecular weight is 334 g/mol. The Balaban J connectivity index is 1.79. The number of carbonyl (C=O) groups excluding carboxylic acids is 1. The lowest BCUT2D eigenvalue weighted by atomic mass is 10.2. The van der Waals surface area contributed by atoms with Crippen LogP contribution in [0.25, 0.3) is 11.4 Å². The molecule has 0 aliphatic carbocycles. The van der Waals surface area contributed by atoms with E-state index in [1.165, 1.54) is 24.5 Å². The predicted octanol–water partition coefficient (Wildman–Crippen LogP) is 3.61. The molecule has 0 unspecified atom stereocenters. The maximum Gasteiger partial charge on any atom is 0.270 e. The molecule has 0 fully saturated rings. The number of nitrogens with zero attached hydrogens (tertiary/aromatic N) is 3. The quantitative estimate of drug-likeness (QED) is 0.580. The first-order valence-electron chi connectivity index (χ1n) is 7.48. The van der Waals surface area contributed by atoms with Crippen LogP contribution in [0.4, 0.5) is 11.4 Å². The first kappa shape index (κ1) is 16.3. The van der Waals surface area contributed by atoms with Gasteiger partial charge in [-0.2, -0.15) is 0 Å². The fourth-order valence-corrected chi connectivity index (χ4v) is 2.28. The summed E-state index contributed by atoms with van der Waals surface area (Å²) in [6.45, 7) is 1.94. The summed E-state index contributed by atoms with van der Waals surface area (Å²) in [5, 5.41) is 13.6. The molecule has 0 spiro atoms. The fraction of sp³-hybridized carbons (Fsp3) is 0.0556. The van der Waals surface area contributed by atoms with Gasteiger partial charge < -0.3 is 5.32 Å². The van der Waals surface area contributed by atoms with Gasteiger partial charge in [-0.3, -0.25) is 14.9 Å². The molecule has 25 heavy (non-hydrogen) atoms. The topological polar surface area (TPSA) is 98.0 Å². The molecule has 3 aromatic rings. The van der Waals surface area contributed by atoms with Crippen LogP contribution >= 0.6 is 0 Å². The number of rotatable bonds is 4. The molecular weight excluding hydrogens is 320 g/mol. The molecule has 1 aromatic heterocycles. The van der Waals surface area contributed by atoms with Crippen LogP contribution in [0, 0.1) is 17.0 Å². The molecule has 7 nitrogen and oxygen atoms in total. The predicted molar refractivity (Wildman–Crippen MR) is 93.3 cm³/mol. The number of aryl methyl sites for hydroxylation is 1. The van der Waals surface area contributed by atoms with E-state index < -0.39 is 4.92 Å². The maximum atomic E-state index is 12.2. The third-order valence-corrected chi connectivity index (χ3v) is 3.51. The van der Waals surface area contributed by atoms with Gasteiger partial charge >= 0.3 is 0 Å². The van der Waals surface area contributed by atoms with Crippen LogP contribution in [0.5, 0.6) is 0 Å². The highest BCUT2D eigenvalue weighted by atomic mass is 16.6. The Morgan fingerprint density at radius 3 is 2.48 bits per heavy atom. The standard InChI is InChI=1S/C18H14N4O3/c1-12-4-2-6-15(8-12)21-18(23)14-10-19-17(20-11-14)13-5-3-7-16(9-13)22(24)25/h2-11H,1H3,(H,21,23). The smallest absolute Gasteiger partial charge is 0.270 e. The van der Waals surface area contributed by atoms with E-state index in [9.17, 15) is 14.9 Å². The molecule has 0 aliphatic rings. The maximum absolute atomic E-state index is 12.2. The summed E-state index contributed by atoms with van der Waals surface area (Å²) < 4.78 is 0. The number of aromatic nitrogens is 2. The van der Waals surface area contributed by atoms with Gasteiger partial charge in [0.2, 0.25) is 0 Å². The van der Waals surface area contributed by atoms with Crippen molar-refractivity contribution in [2.24, 2.45) is 0 Å². The van der Waals surface area contributed by atoms with Crippen LogP contribution in [0.3, 0.4) is 0 Å². The molecule has 124 valence electrons. The Morgan fingerprint density at radius 1 is 1.08 bits per heavy atom. The molecule has 0 saturated carbocycles. The van der Waals surface area contributed by atoms with Crippen LogP contribution in [-0.2, 0) is 0 Å². The first-order valence-corrected chi connectivity index (χ1v) is 7.48. The van der Waals surface area contributed by atoms with Crippen LogP contribution in [0.1, 0.15) is 15.9 Å². The molecule has 1 amide bonds. The SMILES string of the molecule is Cc1cccc(NC(=O)c2cnc(-c3cccc([N+](=O)[O-])c3)nc2)c1. The van der Waals surface area contributed by atoms with Gasteiger partial charge in [0.25, 0.3) is 11.6 Å². The molecule has 0 aliphatic heterocycles. The minimum Gasteiger partial charge on any atom is -0.322 e. The molecule has 0 radical (unpaired) electrons. The highest BCUT2D eigenvalue weighted by Gasteiger charge is 2.11. The summed E-state index contributed by atoms with van der Waals surface area (Å²) >= 11 is 0. The lowest BCUT2D eigenvalue weighted by Gasteiger charge is -2.06. The number of nitro groups is 1. The lowest BCUT2D eigenvalue weighted by Crippen LogP contribution is -2.12. The Labute approximate surface area is 143 Å². The zero-order valence-corrected chi connectivity index (χ0v) is 13.3. The summed E-state index contributed by atoms with van der Waals surface area (Å²) in [5.74, 6) is -0.00741. The Morgan fingerprint density at radius 2 is 1.80 bits per heavy atom. The summed E-state index contributed by atoms with van der Waals surface area (Å²) in [5.41, 5.74) is 2.50. The van der Waals surface area contributed by atoms with Crippen LogP contribution < -0.4 is 5.32 Å². The van der Waals surface area contributed by atoms with Crippen LogP contribution in [0.2, 0.25) is 0 Å². The van der Waals surface area contributed by atoms with Gasteiger partial charge in [0, 0.05) is 35.8 Å². The second-order valence-electron chi connectivity index (χ2n) is 5.43. The van der Waals surface area contributed by atoms with E-state index in [2.05, 4.69) is 15.3 Å². The number of anilines is 1. The van der Waals surface area contributed by atoms with Crippen LogP contribution in [-0.4, -0.2) is 20.8 Å². The van der Waals surface area contributed by atoms with Gasteiger partial charge in [-0.25, -0.2) is 9.97 Å². The van der Waals surface area contributed by atoms with Gasteiger partial charge in [-0.1, -0.05) is 24.3 Å². The normalized spacial score (nSPS) is 10.3. The number of amides is 1. The first-order chi connectivity index (χ1) is 12.0. The zero-order chi connectivity index (χ0) is 17.8. The van der Waals surface area contributed by atoms with Crippen molar-refractivity contribution in [3.63, 3.8) is 0 Å². The molecule has 0 atom stereocenters. The summed E-state index contributed by atoms with van der Waals surface area (Å²) in [4.78, 5) is 30.9. The molecule has 1 N–H and O–H groups in total. The van der Waals surface area contributed by atoms with Crippen molar-refractivity contribution in [1.82, 2.24) is 9.97 Å². The van der Waals surface area contributed by atoms with Crippen molar-refractivity contribution >= 4 is 17.3 Å². The molecular formula is C18H14N4O3. The van der Waals surface area contributed by atoms with E-state index in [-0.39, 0.29) is 11.6 Å². The van der Waals surface area contributed by atoms with Crippen LogP contribution in [0.15, 0.2) is 60.9 Å². The van der Waals surface area contributed by atoms with E-state index >= 15 is 0 Å². The zero-order valence-electron chi connectivity index (χ0n) is 13.3. The highest BCUT2D eigenvalue weighted by molar-refractivity contribution is 6.03. The van der Waals surface area contributed by atoms with Crippen molar-refractivity contribution < 1.29 is 9.72 Å². The van der Waals surface area contributed by atoms with Crippen molar-refractivity contribution in [3.05, 3.63) is 82.2 Å². The summed E-state index contributed by atoms with van der Waals surface area (Å²) in [6, 6.07) is 13.5. The van der Waals surface area contributed by atoms with E-state index in [0.29, 0.717) is 22.6 Å². The lowest BCUT2D eigenvalue weighted by molar-refractivity contribution is -0.384. The molecule has 0 saturated heterocycles. The molecule has 7 heteroatoms. The Kier molecular flexibility index (Phi) is 4.47. The Bertz CT molecular complexity index is 939. The van der Waals surface area contributed by atoms with Gasteiger partial charge in [-0.15, -0.1) is 0 Å². The fourth-order valence-electron chi connectivity index (χ4n) is 2.28. The molecule has 1 heterocycles. The second-order valence-corrected chi connectivity index (χ2v) is 5.43. The number of hydrogen-bond donors (Lipinski definition) is 1. The third kappa shape index (κ3) is 3.84. The minimum atomic E-state index is -0.479. The van der Waals surface area contributed by atoms with E-state index in [0.717, 1.165) is 5.56 Å². The van der Waals surface area contributed by atoms with Crippen molar-refractivity contribution in [3.8, 4) is 11.4 Å². The van der Waals surface area contributed by atoms with Gasteiger partial charge in [0.15, 0.2) is 5.82 Å². The van der Waals surface area contributed by atoms with Crippen molar-refractivity contribution in [2.45, 2.75) is 6.92 Å². The van der Waals surface area contributed by atoms with E-state index in [1.807, 2.05) is 25.1 Å². The molecule has 0 bridgehead atoms. The second kappa shape index (κ2) is 6.88. The van der Waals surface area contributed by atoms with E-state index in [4.69, 9.17) is 0 Å². The van der Waals surface area contributed by atoms with Gasteiger partial charge in [0.05, 0.1) is 10.5 Å². The molecule has 3 rings (SSSR count). The average Bonchev–Trinajstić information content (AvgIpc) is 2.62. The largest absolute Gasteiger partial charge is 0.322 e. The van der Waals surface area contributed by atoms with Gasteiger partial charge in [0.1, 0.15) is 0 Å². The van der Waals surface area contributed by atoms with Crippen molar-refractivity contribution in [2.75, 3.05) is 5.32 Å². The number of nitrogens with one attached hydrogen (secondary N) is 1. The number of nitro benzene ring substituents is 1. The molecule has 2 aromatic carbocycles. The third-order valence-electron chi connectivity index (χ3n) is 3.51. The van der Waals surface area contributed by atoms with Gasteiger partial charge in [-0.05, 0) is 24.6 Å². The summed E-state index contributed by atoms with van der Waals surface area (Å²) in [6.07, 6.45) is 2.79. The highest BCUT2D eigenvalue weighted by Crippen LogP contribution is 2.20. The van der Waals surface area contributed by atoms with Crippen molar-refractivity contribution in [1.29, 1.82) is 0 Å². The number of benzene rings is 2. The minimum absolute atomic E-state index is 0.0395. The Hall–Kier alpha value is -3.61.